The van der Waals surface area contributed by atoms with Crippen molar-refractivity contribution in [1.29, 1.82) is 0 Å². The average molecular weight is 412 g/mol. The van der Waals surface area contributed by atoms with Crippen molar-refractivity contribution in [2.75, 3.05) is 43.1 Å². The highest BCUT2D eigenvalue weighted by Crippen LogP contribution is 2.31. The Labute approximate surface area is 171 Å². The summed E-state index contributed by atoms with van der Waals surface area (Å²) in [6, 6.07) is 12.0. The van der Waals surface area contributed by atoms with E-state index in [1.54, 1.807) is 29.5 Å². The van der Waals surface area contributed by atoms with E-state index in [0.717, 1.165) is 28.4 Å². The summed E-state index contributed by atoms with van der Waals surface area (Å²) >= 11 is 1.59. The van der Waals surface area contributed by atoms with E-state index in [1.165, 1.54) is 6.07 Å². The van der Waals surface area contributed by atoms with Crippen LogP contribution in [0.4, 0.5) is 10.8 Å². The molecule has 0 bridgehead atoms. The number of primary amides is 1. The van der Waals surface area contributed by atoms with Gasteiger partial charge in [-0.3, -0.25) is 9.59 Å². The highest BCUT2D eigenvalue weighted by Gasteiger charge is 2.16. The molecule has 0 aliphatic carbocycles. The Hall–Kier alpha value is -3.17. The van der Waals surface area contributed by atoms with E-state index in [-0.39, 0.29) is 12.5 Å². The quantitative estimate of drug-likeness (QED) is 0.643. The molecule has 1 fully saturated rings. The molecule has 1 aliphatic rings. The molecule has 0 atom stereocenters. The monoisotopic (exact) mass is 412 g/mol. The van der Waals surface area contributed by atoms with Crippen LogP contribution >= 0.6 is 11.3 Å². The van der Waals surface area contributed by atoms with Crippen LogP contribution in [0, 0.1) is 0 Å². The lowest BCUT2D eigenvalue weighted by atomic mass is 10.2. The number of anilines is 2. The van der Waals surface area contributed by atoms with Gasteiger partial charge in [-0.15, -0.1) is 0 Å². The molecule has 150 valence electrons. The molecular weight excluding hydrogens is 392 g/mol. The standard InChI is InChI=1S/C20H20N4O4S/c21-19(26)13-2-1-3-15(10-13)28-12-18(25)22-14-4-5-16-17(11-14)29-20(23-16)24-6-8-27-9-7-24/h1-5,10-11H,6-9,12H2,(H2,21,26)(H,22,25). The highest BCUT2D eigenvalue weighted by atomic mass is 32.1. The number of benzene rings is 2. The summed E-state index contributed by atoms with van der Waals surface area (Å²) in [7, 11) is 0. The van der Waals surface area contributed by atoms with Crippen molar-refractivity contribution in [2.24, 2.45) is 5.73 Å². The summed E-state index contributed by atoms with van der Waals surface area (Å²) in [6.45, 7) is 2.90. The molecule has 9 heteroatoms. The predicted molar refractivity (Wildman–Crippen MR) is 112 cm³/mol. The third kappa shape index (κ3) is 4.64. The number of thiazole rings is 1. The van der Waals surface area contributed by atoms with E-state index < -0.39 is 5.91 Å². The zero-order chi connectivity index (χ0) is 20.2. The fourth-order valence-corrected chi connectivity index (χ4v) is 4.02. The van der Waals surface area contributed by atoms with Gasteiger partial charge in [0.1, 0.15) is 5.75 Å². The van der Waals surface area contributed by atoms with Crippen molar-refractivity contribution in [3.05, 3.63) is 48.0 Å². The first kappa shape index (κ1) is 19.2. The largest absolute Gasteiger partial charge is 0.484 e. The molecule has 0 saturated carbocycles. The summed E-state index contributed by atoms with van der Waals surface area (Å²) in [5.41, 5.74) is 7.15. The lowest BCUT2D eigenvalue weighted by Crippen LogP contribution is -2.36. The number of morpholine rings is 1. The smallest absolute Gasteiger partial charge is 0.262 e. The van der Waals surface area contributed by atoms with Gasteiger partial charge in [0.05, 0.1) is 23.4 Å². The van der Waals surface area contributed by atoms with Gasteiger partial charge in [-0.25, -0.2) is 4.98 Å². The van der Waals surface area contributed by atoms with E-state index in [0.29, 0.717) is 30.2 Å². The van der Waals surface area contributed by atoms with Gasteiger partial charge in [0.25, 0.3) is 5.91 Å². The third-order valence-electron chi connectivity index (χ3n) is 4.43. The number of rotatable bonds is 6. The van der Waals surface area contributed by atoms with Gasteiger partial charge in [-0.2, -0.15) is 0 Å². The number of nitrogens with one attached hydrogen (secondary N) is 1. The lowest BCUT2D eigenvalue weighted by Gasteiger charge is -2.25. The number of carbonyl (C=O) groups excluding carboxylic acids is 2. The maximum atomic E-state index is 12.2. The van der Waals surface area contributed by atoms with E-state index >= 15 is 0 Å². The number of ether oxygens (including phenoxy) is 2. The molecule has 3 N–H and O–H groups in total. The van der Waals surface area contributed by atoms with Crippen LogP contribution in [0.2, 0.25) is 0 Å². The van der Waals surface area contributed by atoms with Crippen molar-refractivity contribution >= 4 is 44.2 Å². The molecule has 0 radical (unpaired) electrons. The van der Waals surface area contributed by atoms with Gasteiger partial charge in [0.15, 0.2) is 11.7 Å². The minimum atomic E-state index is -0.547. The highest BCUT2D eigenvalue weighted by molar-refractivity contribution is 7.22. The van der Waals surface area contributed by atoms with Crippen molar-refractivity contribution in [2.45, 2.75) is 0 Å². The van der Waals surface area contributed by atoms with Gasteiger partial charge in [0, 0.05) is 24.3 Å². The van der Waals surface area contributed by atoms with Crippen molar-refractivity contribution in [3.63, 3.8) is 0 Å². The Kier molecular flexibility index (Phi) is 5.59. The molecule has 2 amide bonds. The van der Waals surface area contributed by atoms with Crippen LogP contribution in [-0.4, -0.2) is 49.7 Å². The van der Waals surface area contributed by atoms with Crippen molar-refractivity contribution in [1.82, 2.24) is 4.98 Å². The molecule has 1 aliphatic heterocycles. The Morgan fingerprint density at radius 2 is 2.03 bits per heavy atom. The van der Waals surface area contributed by atoms with E-state index in [2.05, 4.69) is 15.2 Å². The number of nitrogens with zero attached hydrogens (tertiary/aromatic N) is 2. The molecule has 2 aromatic carbocycles. The Balaban J connectivity index is 1.38. The topological polar surface area (TPSA) is 107 Å². The summed E-state index contributed by atoms with van der Waals surface area (Å²) < 4.78 is 11.8. The van der Waals surface area contributed by atoms with Gasteiger partial charge in [-0.05, 0) is 36.4 Å². The number of hydrogen-bond donors (Lipinski definition) is 2. The molecule has 3 aromatic rings. The fourth-order valence-electron chi connectivity index (χ4n) is 2.97. The second-order valence-electron chi connectivity index (χ2n) is 6.51. The maximum Gasteiger partial charge on any atom is 0.262 e. The summed E-state index contributed by atoms with van der Waals surface area (Å²) in [5, 5.41) is 3.78. The molecule has 1 saturated heterocycles. The van der Waals surface area contributed by atoms with Gasteiger partial charge >= 0.3 is 0 Å². The zero-order valence-electron chi connectivity index (χ0n) is 15.6. The van der Waals surface area contributed by atoms with Crippen LogP contribution in [0.15, 0.2) is 42.5 Å². The van der Waals surface area contributed by atoms with Gasteiger partial charge in [-0.1, -0.05) is 17.4 Å². The van der Waals surface area contributed by atoms with Crippen molar-refractivity contribution < 1.29 is 19.1 Å². The summed E-state index contributed by atoms with van der Waals surface area (Å²) in [4.78, 5) is 30.3. The number of carbonyl (C=O) groups is 2. The molecule has 0 spiro atoms. The Morgan fingerprint density at radius 1 is 1.21 bits per heavy atom. The lowest BCUT2D eigenvalue weighted by molar-refractivity contribution is -0.118. The van der Waals surface area contributed by atoms with Gasteiger partial charge < -0.3 is 25.4 Å². The SMILES string of the molecule is NC(=O)c1cccc(OCC(=O)Nc2ccc3nc(N4CCOCC4)sc3c2)c1. The molecular formula is C20H20N4O4S. The maximum absolute atomic E-state index is 12.2. The number of amides is 2. The van der Waals surface area contributed by atoms with E-state index in [1.807, 2.05) is 18.2 Å². The van der Waals surface area contributed by atoms with E-state index in [9.17, 15) is 9.59 Å². The predicted octanol–water partition coefficient (Wildman–Crippen LogP) is 2.25. The summed E-state index contributed by atoms with van der Waals surface area (Å²) in [5.74, 6) is -0.439. The normalized spacial score (nSPS) is 14.0. The number of fused-ring (bicyclic) bond motifs is 1. The number of hydrogen-bond acceptors (Lipinski definition) is 7. The fraction of sp³-hybridized carbons (Fsp3) is 0.250. The molecule has 8 nitrogen and oxygen atoms in total. The zero-order valence-corrected chi connectivity index (χ0v) is 16.4. The first-order valence-electron chi connectivity index (χ1n) is 9.14. The average Bonchev–Trinajstić information content (AvgIpc) is 3.16. The minimum absolute atomic E-state index is 0.179. The molecule has 1 aromatic heterocycles. The molecule has 2 heterocycles. The first-order chi connectivity index (χ1) is 14.1. The second kappa shape index (κ2) is 8.46. The molecule has 4 rings (SSSR count). The van der Waals surface area contributed by atoms with Crippen LogP contribution in [0.3, 0.4) is 0 Å². The first-order valence-corrected chi connectivity index (χ1v) is 9.96. The van der Waals surface area contributed by atoms with Crippen LogP contribution < -0.4 is 20.7 Å². The van der Waals surface area contributed by atoms with Crippen molar-refractivity contribution in [3.8, 4) is 5.75 Å². The number of aromatic nitrogens is 1. The Morgan fingerprint density at radius 3 is 2.83 bits per heavy atom. The third-order valence-corrected chi connectivity index (χ3v) is 5.51. The van der Waals surface area contributed by atoms with Crippen LogP contribution in [-0.2, 0) is 9.53 Å². The summed E-state index contributed by atoms with van der Waals surface area (Å²) in [6.07, 6.45) is 0. The van der Waals surface area contributed by atoms with Crippen LogP contribution in [0.5, 0.6) is 5.75 Å². The molecule has 29 heavy (non-hydrogen) atoms. The molecule has 0 unspecified atom stereocenters. The Bertz CT molecular complexity index is 1050. The minimum Gasteiger partial charge on any atom is -0.484 e. The van der Waals surface area contributed by atoms with Crippen LogP contribution in [0.25, 0.3) is 10.2 Å². The van der Waals surface area contributed by atoms with Gasteiger partial charge in [0.2, 0.25) is 5.91 Å². The second-order valence-corrected chi connectivity index (χ2v) is 7.52. The van der Waals surface area contributed by atoms with E-state index in [4.69, 9.17) is 15.2 Å². The van der Waals surface area contributed by atoms with Crippen LogP contribution in [0.1, 0.15) is 10.4 Å². The number of nitrogens with two attached hydrogens (primary N) is 1.